The minimum Gasteiger partial charge on any atom is -0.339 e. The molecule has 2 fully saturated rings. The van der Waals surface area contributed by atoms with Gasteiger partial charge >= 0.3 is 6.03 Å². The van der Waals surface area contributed by atoms with Crippen LogP contribution >= 0.6 is 0 Å². The average molecular weight is 396 g/mol. The zero-order valence-corrected chi connectivity index (χ0v) is 17.2. The van der Waals surface area contributed by atoms with Crippen molar-refractivity contribution in [3.63, 3.8) is 0 Å². The highest BCUT2D eigenvalue weighted by Crippen LogP contribution is 2.38. The minimum atomic E-state index is -0.274. The van der Waals surface area contributed by atoms with E-state index in [0.29, 0.717) is 37.0 Å². The normalized spacial score (nSPS) is 24.6. The van der Waals surface area contributed by atoms with E-state index >= 15 is 0 Å². The van der Waals surface area contributed by atoms with E-state index in [1.54, 1.807) is 0 Å². The first-order valence-corrected chi connectivity index (χ1v) is 10.5. The number of urea groups is 1. The highest BCUT2D eigenvalue weighted by Gasteiger charge is 2.45. The van der Waals surface area contributed by atoms with Crippen LogP contribution in [0.3, 0.4) is 0 Å². The molecular formula is C22H28N4O3. The number of fused-ring (bicyclic) bond motifs is 1. The fourth-order valence-electron chi connectivity index (χ4n) is 4.32. The zero-order chi connectivity index (χ0) is 20.5. The first-order chi connectivity index (χ1) is 13.9. The van der Waals surface area contributed by atoms with Crippen LogP contribution in [0.15, 0.2) is 28.8 Å². The molecule has 1 aliphatic heterocycles. The van der Waals surface area contributed by atoms with Crippen molar-refractivity contribution in [3.8, 4) is 11.4 Å². The molecule has 1 saturated carbocycles. The molecule has 29 heavy (non-hydrogen) atoms. The van der Waals surface area contributed by atoms with Gasteiger partial charge < -0.3 is 9.84 Å². The fraction of sp³-hybridized carbons (Fsp3) is 0.545. The Kier molecular flexibility index (Phi) is 5.39. The van der Waals surface area contributed by atoms with E-state index in [-0.39, 0.29) is 29.8 Å². The second-order valence-corrected chi connectivity index (χ2v) is 8.62. The maximum absolute atomic E-state index is 12.9. The lowest BCUT2D eigenvalue weighted by Crippen LogP contribution is -2.61. The third-order valence-electron chi connectivity index (χ3n) is 6.09. The van der Waals surface area contributed by atoms with Crippen LogP contribution in [0, 0.1) is 18.8 Å². The Morgan fingerprint density at radius 2 is 2.03 bits per heavy atom. The molecular weight excluding hydrogens is 368 g/mol. The number of amides is 3. The topological polar surface area (TPSA) is 88.3 Å². The summed E-state index contributed by atoms with van der Waals surface area (Å²) in [7, 11) is 0. The van der Waals surface area contributed by atoms with Crippen molar-refractivity contribution in [3.05, 3.63) is 35.7 Å². The van der Waals surface area contributed by atoms with Gasteiger partial charge in [0, 0.05) is 24.1 Å². The summed E-state index contributed by atoms with van der Waals surface area (Å²) < 4.78 is 5.56. The highest BCUT2D eigenvalue weighted by molar-refractivity contribution is 5.98. The molecule has 3 amide bonds. The van der Waals surface area contributed by atoms with Crippen molar-refractivity contribution in [1.82, 2.24) is 20.4 Å². The summed E-state index contributed by atoms with van der Waals surface area (Å²) in [6, 6.07) is 7.49. The molecule has 3 atom stereocenters. The third-order valence-corrected chi connectivity index (χ3v) is 6.09. The first-order valence-electron chi connectivity index (χ1n) is 10.5. The standard InChI is InChI=1S/C22H28N4O3/c1-13(2)10-11-26-21(27)17-9-8-15(12-18(17)23-22(26)28)20-24-19(25-29-20)16-7-5-4-6-14(16)3/h4-7,13,15,17-18H,8-12H2,1-3H3,(H,23,28). The molecule has 1 aliphatic carbocycles. The van der Waals surface area contributed by atoms with E-state index in [0.717, 1.165) is 24.0 Å². The average Bonchev–Trinajstić information content (AvgIpc) is 3.17. The number of benzene rings is 1. The number of imide groups is 1. The number of hydrogen-bond acceptors (Lipinski definition) is 5. The Balaban J connectivity index is 1.45. The van der Waals surface area contributed by atoms with E-state index in [1.165, 1.54) is 4.90 Å². The van der Waals surface area contributed by atoms with Crippen LogP contribution < -0.4 is 5.32 Å². The Bertz CT molecular complexity index is 907. The summed E-state index contributed by atoms with van der Waals surface area (Å²) in [5.41, 5.74) is 2.05. The van der Waals surface area contributed by atoms with Gasteiger partial charge in [0.1, 0.15) is 0 Å². The summed E-state index contributed by atoms with van der Waals surface area (Å²) in [5, 5.41) is 7.21. The maximum Gasteiger partial charge on any atom is 0.324 e. The first kappa shape index (κ1) is 19.6. The van der Waals surface area contributed by atoms with Gasteiger partial charge in [-0.15, -0.1) is 0 Å². The number of rotatable bonds is 5. The summed E-state index contributed by atoms with van der Waals surface area (Å²) in [6.45, 7) is 6.69. The van der Waals surface area contributed by atoms with Crippen molar-refractivity contribution in [2.24, 2.45) is 11.8 Å². The molecule has 0 spiro atoms. The molecule has 3 unspecified atom stereocenters. The van der Waals surface area contributed by atoms with Crippen LogP contribution in [0.1, 0.15) is 56.9 Å². The Hall–Kier alpha value is -2.70. The monoisotopic (exact) mass is 396 g/mol. The van der Waals surface area contributed by atoms with Crippen molar-refractivity contribution in [1.29, 1.82) is 0 Å². The highest BCUT2D eigenvalue weighted by atomic mass is 16.5. The second-order valence-electron chi connectivity index (χ2n) is 8.62. The van der Waals surface area contributed by atoms with E-state index in [4.69, 9.17) is 4.52 Å². The lowest BCUT2D eigenvalue weighted by atomic mass is 9.76. The van der Waals surface area contributed by atoms with Crippen molar-refractivity contribution >= 4 is 11.9 Å². The second kappa shape index (κ2) is 7.97. The zero-order valence-electron chi connectivity index (χ0n) is 17.2. The molecule has 7 nitrogen and oxygen atoms in total. The summed E-state index contributed by atoms with van der Waals surface area (Å²) >= 11 is 0. The van der Waals surface area contributed by atoms with Crippen molar-refractivity contribution in [2.45, 2.75) is 58.4 Å². The predicted molar refractivity (Wildman–Crippen MR) is 108 cm³/mol. The minimum absolute atomic E-state index is 0.0380. The van der Waals surface area contributed by atoms with Gasteiger partial charge in [0.05, 0.1) is 5.92 Å². The molecule has 154 valence electrons. The van der Waals surface area contributed by atoms with Crippen molar-refractivity contribution < 1.29 is 14.1 Å². The number of carbonyl (C=O) groups excluding carboxylic acids is 2. The smallest absolute Gasteiger partial charge is 0.324 e. The molecule has 1 saturated heterocycles. The van der Waals surface area contributed by atoms with Gasteiger partial charge in [-0.2, -0.15) is 4.98 Å². The van der Waals surface area contributed by atoms with Crippen LogP contribution in [-0.4, -0.2) is 39.6 Å². The molecule has 0 radical (unpaired) electrons. The molecule has 1 aromatic carbocycles. The molecule has 7 heteroatoms. The van der Waals surface area contributed by atoms with E-state index in [9.17, 15) is 9.59 Å². The molecule has 4 rings (SSSR count). The molecule has 2 aliphatic rings. The lowest BCUT2D eigenvalue weighted by Gasteiger charge is -2.41. The number of nitrogens with one attached hydrogen (secondary N) is 1. The summed E-state index contributed by atoms with van der Waals surface area (Å²) in [4.78, 5) is 31.4. The van der Waals surface area contributed by atoms with Crippen LogP contribution in [-0.2, 0) is 4.79 Å². The Morgan fingerprint density at radius 3 is 2.79 bits per heavy atom. The van der Waals surface area contributed by atoms with Crippen LogP contribution in [0.25, 0.3) is 11.4 Å². The lowest BCUT2D eigenvalue weighted by molar-refractivity contribution is -0.136. The number of nitrogens with zero attached hydrogens (tertiary/aromatic N) is 3. The molecule has 2 aromatic rings. The summed E-state index contributed by atoms with van der Waals surface area (Å²) in [5.74, 6) is 1.48. The van der Waals surface area contributed by atoms with Crippen LogP contribution in [0.2, 0.25) is 0 Å². The fourth-order valence-corrected chi connectivity index (χ4v) is 4.32. The van der Waals surface area contributed by atoms with Gasteiger partial charge in [0.25, 0.3) is 0 Å². The van der Waals surface area contributed by atoms with Crippen molar-refractivity contribution in [2.75, 3.05) is 6.54 Å². The van der Waals surface area contributed by atoms with Crippen LogP contribution in [0.4, 0.5) is 4.79 Å². The SMILES string of the molecule is Cc1ccccc1-c1noc(C2CCC3C(=O)N(CCC(C)C)C(=O)NC3C2)n1. The molecule has 2 heterocycles. The van der Waals surface area contributed by atoms with Gasteiger partial charge in [-0.1, -0.05) is 43.3 Å². The maximum atomic E-state index is 12.9. The van der Waals surface area contributed by atoms with Gasteiger partial charge in [-0.3, -0.25) is 9.69 Å². The van der Waals surface area contributed by atoms with Gasteiger partial charge in [0.15, 0.2) is 0 Å². The van der Waals surface area contributed by atoms with E-state index < -0.39 is 0 Å². The van der Waals surface area contributed by atoms with Gasteiger partial charge in [-0.05, 0) is 44.1 Å². The third kappa shape index (κ3) is 3.91. The largest absolute Gasteiger partial charge is 0.339 e. The molecule has 0 bridgehead atoms. The number of aryl methyl sites for hydroxylation is 1. The molecule has 1 N–H and O–H groups in total. The van der Waals surface area contributed by atoms with Gasteiger partial charge in [-0.25, -0.2) is 4.79 Å². The van der Waals surface area contributed by atoms with Gasteiger partial charge in [0.2, 0.25) is 17.6 Å². The predicted octanol–water partition coefficient (Wildman–Crippen LogP) is 3.90. The Labute approximate surface area is 170 Å². The number of hydrogen-bond donors (Lipinski definition) is 1. The summed E-state index contributed by atoms with van der Waals surface area (Å²) in [6.07, 6.45) is 2.99. The molecule has 1 aromatic heterocycles. The van der Waals surface area contributed by atoms with E-state index in [1.807, 2.05) is 31.2 Å². The van der Waals surface area contributed by atoms with Crippen LogP contribution in [0.5, 0.6) is 0 Å². The quantitative estimate of drug-likeness (QED) is 0.828. The Morgan fingerprint density at radius 1 is 1.24 bits per heavy atom. The number of carbonyl (C=O) groups is 2. The van der Waals surface area contributed by atoms with E-state index in [2.05, 4.69) is 29.3 Å². The number of aromatic nitrogens is 2.